The molecule has 1 fully saturated rings. The van der Waals surface area contributed by atoms with Crippen molar-refractivity contribution in [2.45, 2.75) is 11.3 Å². The highest BCUT2D eigenvalue weighted by atomic mass is 32.2. The van der Waals surface area contributed by atoms with Crippen LogP contribution in [0.15, 0.2) is 53.4 Å². The third-order valence-corrected chi connectivity index (χ3v) is 7.10. The van der Waals surface area contributed by atoms with Crippen LogP contribution >= 0.6 is 0 Å². The summed E-state index contributed by atoms with van der Waals surface area (Å²) >= 11 is 0. The van der Waals surface area contributed by atoms with Crippen LogP contribution in [-0.2, 0) is 16.4 Å². The summed E-state index contributed by atoms with van der Waals surface area (Å²) in [5, 5.41) is 1.88. The number of nitrogens with zero attached hydrogens (tertiary/aromatic N) is 3. The zero-order chi connectivity index (χ0) is 19.7. The normalized spacial score (nSPS) is 18.1. The van der Waals surface area contributed by atoms with E-state index in [0.29, 0.717) is 18.5 Å². The summed E-state index contributed by atoms with van der Waals surface area (Å²) in [5.41, 5.74) is 4.96. The summed E-state index contributed by atoms with van der Waals surface area (Å²) in [5.74, 6) is -0.288. The Morgan fingerprint density at radius 1 is 0.964 bits per heavy atom. The number of hydrogen-bond donors (Lipinski definition) is 1. The molecule has 7 nitrogen and oxygen atoms in total. The van der Waals surface area contributed by atoms with Crippen molar-refractivity contribution in [1.29, 1.82) is 0 Å². The maximum atomic E-state index is 13.2. The van der Waals surface area contributed by atoms with Crippen LogP contribution in [0, 0.1) is 0 Å². The number of carbonyl (C=O) groups is 1. The van der Waals surface area contributed by atoms with Crippen LogP contribution in [0.4, 0.5) is 5.69 Å². The van der Waals surface area contributed by atoms with E-state index in [2.05, 4.69) is 10.3 Å². The van der Waals surface area contributed by atoms with Crippen LogP contribution in [0.1, 0.15) is 15.9 Å². The minimum atomic E-state index is -3.72. The van der Waals surface area contributed by atoms with Crippen LogP contribution in [-0.4, -0.2) is 64.0 Å². The Labute approximate surface area is 165 Å². The Kier molecular flexibility index (Phi) is 5.09. The Hall–Kier alpha value is -2.42. The van der Waals surface area contributed by atoms with Crippen LogP contribution in [0.25, 0.3) is 0 Å². The van der Waals surface area contributed by atoms with Gasteiger partial charge in [-0.15, -0.1) is 0 Å². The number of hydrogen-bond acceptors (Lipinski definition) is 5. The number of anilines is 1. The van der Waals surface area contributed by atoms with Gasteiger partial charge in [0.15, 0.2) is 0 Å². The van der Waals surface area contributed by atoms with E-state index in [4.69, 9.17) is 0 Å². The molecule has 1 amide bonds. The van der Waals surface area contributed by atoms with E-state index >= 15 is 0 Å². The third-order valence-electron chi connectivity index (χ3n) is 5.29. The molecule has 2 aromatic carbocycles. The summed E-state index contributed by atoms with van der Waals surface area (Å²) in [7, 11) is -1.67. The molecule has 2 heterocycles. The lowest BCUT2D eigenvalue weighted by molar-refractivity contribution is 0.0662. The number of piperazine rings is 1. The smallest absolute Gasteiger partial charge is 0.265 e. The van der Waals surface area contributed by atoms with E-state index in [0.717, 1.165) is 37.4 Å². The van der Waals surface area contributed by atoms with Crippen LogP contribution < -0.4 is 9.73 Å². The zero-order valence-electron chi connectivity index (χ0n) is 15.8. The number of amides is 1. The fourth-order valence-corrected chi connectivity index (χ4v) is 5.16. The van der Waals surface area contributed by atoms with Gasteiger partial charge in [0.25, 0.3) is 15.9 Å². The molecule has 0 atom stereocenters. The van der Waals surface area contributed by atoms with Gasteiger partial charge in [-0.05, 0) is 43.3 Å². The zero-order valence-corrected chi connectivity index (χ0v) is 16.7. The van der Waals surface area contributed by atoms with Crippen LogP contribution in [0.3, 0.4) is 0 Å². The standard InChI is InChI=1S/C20H24N4O3S/c1-22-11-13-23(14-12-22)21-20(25)17-6-4-7-18(15-17)28(26,27)24-10-9-16-5-2-3-8-19(16)24/h2-8,15H,9-14H2,1H3,(H,21,25). The van der Waals surface area contributed by atoms with Gasteiger partial charge in [-0.2, -0.15) is 0 Å². The molecule has 0 spiro atoms. The number of rotatable bonds is 4. The maximum Gasteiger partial charge on any atom is 0.265 e. The summed E-state index contributed by atoms with van der Waals surface area (Å²) in [6, 6.07) is 13.8. The number of sulfonamides is 1. The van der Waals surface area contributed by atoms with E-state index in [1.807, 2.05) is 36.3 Å². The molecule has 1 N–H and O–H groups in total. The van der Waals surface area contributed by atoms with Gasteiger partial charge in [0.1, 0.15) is 0 Å². The van der Waals surface area contributed by atoms with Gasteiger partial charge in [-0.1, -0.05) is 24.3 Å². The fourth-order valence-electron chi connectivity index (χ4n) is 3.61. The first kappa shape index (κ1) is 18.9. The molecule has 2 aliphatic rings. The van der Waals surface area contributed by atoms with Gasteiger partial charge in [-0.25, -0.2) is 13.4 Å². The van der Waals surface area contributed by atoms with Crippen molar-refractivity contribution >= 4 is 21.6 Å². The second-order valence-electron chi connectivity index (χ2n) is 7.21. The van der Waals surface area contributed by atoms with Crippen LogP contribution in [0.5, 0.6) is 0 Å². The first-order valence-electron chi connectivity index (χ1n) is 9.40. The van der Waals surface area contributed by atoms with E-state index < -0.39 is 10.0 Å². The fraction of sp³-hybridized carbons (Fsp3) is 0.350. The van der Waals surface area contributed by atoms with Crippen molar-refractivity contribution in [3.63, 3.8) is 0 Å². The summed E-state index contributed by atoms with van der Waals surface area (Å²) in [6.45, 7) is 3.65. The third kappa shape index (κ3) is 3.63. The van der Waals surface area contributed by atoms with Crippen molar-refractivity contribution in [2.75, 3.05) is 44.1 Å². The van der Waals surface area contributed by atoms with Crippen molar-refractivity contribution < 1.29 is 13.2 Å². The van der Waals surface area contributed by atoms with Gasteiger partial charge in [0.05, 0.1) is 10.6 Å². The predicted octanol–water partition coefficient (Wildman–Crippen LogP) is 1.33. The Morgan fingerprint density at radius 2 is 1.71 bits per heavy atom. The van der Waals surface area contributed by atoms with E-state index in [9.17, 15) is 13.2 Å². The van der Waals surface area contributed by atoms with Gasteiger partial charge < -0.3 is 4.90 Å². The molecule has 0 aromatic heterocycles. The Balaban J connectivity index is 1.54. The number of fused-ring (bicyclic) bond motifs is 1. The van der Waals surface area contributed by atoms with Crippen molar-refractivity contribution in [1.82, 2.24) is 15.3 Å². The molecule has 0 radical (unpaired) electrons. The first-order chi connectivity index (χ1) is 13.4. The summed E-state index contributed by atoms with van der Waals surface area (Å²) in [6.07, 6.45) is 0.693. The molecular formula is C20H24N4O3S. The molecule has 0 saturated carbocycles. The molecule has 1 saturated heterocycles. The van der Waals surface area contributed by atoms with E-state index in [-0.39, 0.29) is 10.8 Å². The Morgan fingerprint density at radius 3 is 2.50 bits per heavy atom. The number of hydrazine groups is 1. The number of para-hydroxylation sites is 1. The lowest BCUT2D eigenvalue weighted by atomic mass is 10.2. The molecular weight excluding hydrogens is 376 g/mol. The lowest BCUT2D eigenvalue weighted by Crippen LogP contribution is -2.52. The average Bonchev–Trinajstić information content (AvgIpc) is 3.15. The molecule has 0 unspecified atom stereocenters. The van der Waals surface area contributed by atoms with E-state index in [1.165, 1.54) is 10.4 Å². The first-order valence-corrected chi connectivity index (χ1v) is 10.8. The van der Waals surface area contributed by atoms with Gasteiger partial charge in [0.2, 0.25) is 0 Å². The van der Waals surface area contributed by atoms with Crippen molar-refractivity contribution in [3.8, 4) is 0 Å². The molecule has 2 aliphatic heterocycles. The average molecular weight is 401 g/mol. The SMILES string of the molecule is CN1CCN(NC(=O)c2cccc(S(=O)(=O)N3CCc4ccccc43)c2)CC1. The second-order valence-corrected chi connectivity index (χ2v) is 9.08. The molecule has 2 aromatic rings. The molecule has 148 valence electrons. The Bertz CT molecular complexity index is 984. The quantitative estimate of drug-likeness (QED) is 0.838. The molecule has 0 aliphatic carbocycles. The lowest BCUT2D eigenvalue weighted by Gasteiger charge is -2.32. The molecule has 4 rings (SSSR count). The maximum absolute atomic E-state index is 13.2. The minimum absolute atomic E-state index is 0.134. The van der Waals surface area contributed by atoms with Gasteiger partial charge in [0, 0.05) is 38.3 Å². The predicted molar refractivity (Wildman–Crippen MR) is 108 cm³/mol. The number of nitrogens with one attached hydrogen (secondary N) is 1. The van der Waals surface area contributed by atoms with Gasteiger partial charge in [-0.3, -0.25) is 14.5 Å². The van der Waals surface area contributed by atoms with Gasteiger partial charge >= 0.3 is 0 Å². The minimum Gasteiger partial charge on any atom is -0.304 e. The summed E-state index contributed by atoms with van der Waals surface area (Å²) < 4.78 is 27.8. The van der Waals surface area contributed by atoms with Crippen molar-refractivity contribution in [2.24, 2.45) is 0 Å². The summed E-state index contributed by atoms with van der Waals surface area (Å²) in [4.78, 5) is 15.0. The van der Waals surface area contributed by atoms with E-state index in [1.54, 1.807) is 18.2 Å². The molecule has 0 bridgehead atoms. The topological polar surface area (TPSA) is 73.0 Å². The number of benzene rings is 2. The highest BCUT2D eigenvalue weighted by Crippen LogP contribution is 2.32. The van der Waals surface area contributed by atoms with Crippen LogP contribution in [0.2, 0.25) is 0 Å². The second kappa shape index (κ2) is 7.54. The highest BCUT2D eigenvalue weighted by Gasteiger charge is 2.31. The molecule has 28 heavy (non-hydrogen) atoms. The number of likely N-dealkylation sites (N-methyl/N-ethyl adjacent to an activating group) is 1. The monoisotopic (exact) mass is 400 g/mol. The molecule has 8 heteroatoms. The highest BCUT2D eigenvalue weighted by molar-refractivity contribution is 7.92. The largest absolute Gasteiger partial charge is 0.304 e. The number of carbonyl (C=O) groups excluding carboxylic acids is 1. The van der Waals surface area contributed by atoms with Crippen molar-refractivity contribution in [3.05, 3.63) is 59.7 Å².